The molecule has 0 aromatic carbocycles. The van der Waals surface area contributed by atoms with Gasteiger partial charge in [0.25, 0.3) is 0 Å². The number of hydrogen-bond acceptors (Lipinski definition) is 6. The van der Waals surface area contributed by atoms with Crippen molar-refractivity contribution in [3.05, 3.63) is 11.1 Å². The van der Waals surface area contributed by atoms with E-state index in [2.05, 4.69) is 10.3 Å². The molecule has 1 heterocycles. The molecule has 0 radical (unpaired) electrons. The standard InChI is InChI=1S/C11H17N3O3S/c1-6(8(12)15)13-10-14-7(5-18-10)11(2,3)9(16)17-4/h5-6H,1-4H3,(H2,12,15)(H,13,14). The number of ether oxygens (including phenoxy) is 1. The van der Waals surface area contributed by atoms with Gasteiger partial charge in [-0.2, -0.15) is 0 Å². The molecule has 3 N–H and O–H groups in total. The molecule has 0 saturated heterocycles. The monoisotopic (exact) mass is 271 g/mol. The number of nitrogens with two attached hydrogens (primary N) is 1. The Morgan fingerprint density at radius 3 is 2.67 bits per heavy atom. The van der Waals surface area contributed by atoms with Crippen LogP contribution in [0.4, 0.5) is 5.13 Å². The van der Waals surface area contributed by atoms with Gasteiger partial charge in [-0.15, -0.1) is 11.3 Å². The summed E-state index contributed by atoms with van der Waals surface area (Å²) in [5, 5.41) is 5.18. The van der Waals surface area contributed by atoms with E-state index < -0.39 is 17.4 Å². The number of methoxy groups -OCH3 is 1. The van der Waals surface area contributed by atoms with Crippen LogP contribution in [0.2, 0.25) is 0 Å². The summed E-state index contributed by atoms with van der Waals surface area (Å²) in [6.07, 6.45) is 0. The number of anilines is 1. The highest BCUT2D eigenvalue weighted by Crippen LogP contribution is 2.28. The second-order valence-electron chi connectivity index (χ2n) is 4.42. The number of rotatable bonds is 5. The first-order chi connectivity index (χ1) is 8.28. The molecular weight excluding hydrogens is 254 g/mol. The Bertz CT molecular complexity index is 456. The fourth-order valence-corrected chi connectivity index (χ4v) is 2.21. The Kier molecular flexibility index (Phi) is 4.28. The van der Waals surface area contributed by atoms with Gasteiger partial charge in [0.05, 0.1) is 12.8 Å². The molecule has 0 aliphatic rings. The first kappa shape index (κ1) is 14.4. The van der Waals surface area contributed by atoms with Crippen LogP contribution in [-0.4, -0.2) is 30.0 Å². The van der Waals surface area contributed by atoms with Gasteiger partial charge in [-0.25, -0.2) is 4.98 Å². The van der Waals surface area contributed by atoms with E-state index in [-0.39, 0.29) is 5.97 Å². The number of carbonyl (C=O) groups is 2. The summed E-state index contributed by atoms with van der Waals surface area (Å²) in [5.74, 6) is -0.818. The van der Waals surface area contributed by atoms with E-state index in [1.807, 2.05) is 0 Å². The second-order valence-corrected chi connectivity index (χ2v) is 5.28. The Morgan fingerprint density at radius 2 is 2.17 bits per heavy atom. The number of nitrogens with one attached hydrogen (secondary N) is 1. The molecule has 0 bridgehead atoms. The third-order valence-electron chi connectivity index (χ3n) is 2.61. The van der Waals surface area contributed by atoms with Gasteiger partial charge < -0.3 is 15.8 Å². The van der Waals surface area contributed by atoms with Crippen molar-refractivity contribution in [3.63, 3.8) is 0 Å². The lowest BCUT2D eigenvalue weighted by Gasteiger charge is -2.18. The number of thiazole rings is 1. The fourth-order valence-electron chi connectivity index (χ4n) is 1.24. The van der Waals surface area contributed by atoms with E-state index in [0.717, 1.165) is 0 Å². The van der Waals surface area contributed by atoms with E-state index in [1.165, 1.54) is 18.4 Å². The minimum Gasteiger partial charge on any atom is -0.468 e. The molecule has 1 aromatic rings. The highest BCUT2D eigenvalue weighted by Gasteiger charge is 2.33. The molecule has 1 aromatic heterocycles. The van der Waals surface area contributed by atoms with Gasteiger partial charge in [-0.3, -0.25) is 9.59 Å². The average molecular weight is 271 g/mol. The first-order valence-electron chi connectivity index (χ1n) is 5.39. The Labute approximate surface area is 110 Å². The quantitative estimate of drug-likeness (QED) is 0.775. The maximum atomic E-state index is 11.6. The third kappa shape index (κ3) is 2.98. The molecular formula is C11H17N3O3S. The molecule has 0 aliphatic carbocycles. The van der Waals surface area contributed by atoms with Gasteiger partial charge in [0, 0.05) is 5.38 Å². The fraction of sp³-hybridized carbons (Fsp3) is 0.545. The van der Waals surface area contributed by atoms with Crippen molar-refractivity contribution in [1.29, 1.82) is 0 Å². The summed E-state index contributed by atoms with van der Waals surface area (Å²) >= 11 is 1.31. The molecule has 6 nitrogen and oxygen atoms in total. The largest absolute Gasteiger partial charge is 0.468 e. The summed E-state index contributed by atoms with van der Waals surface area (Å²) in [7, 11) is 1.34. The number of aromatic nitrogens is 1. The van der Waals surface area contributed by atoms with E-state index in [9.17, 15) is 9.59 Å². The number of nitrogens with zero attached hydrogens (tertiary/aromatic N) is 1. The van der Waals surface area contributed by atoms with Crippen molar-refractivity contribution in [3.8, 4) is 0 Å². The van der Waals surface area contributed by atoms with Crippen LogP contribution in [0.5, 0.6) is 0 Å². The minimum absolute atomic E-state index is 0.359. The van der Waals surface area contributed by atoms with Crippen LogP contribution in [-0.2, 0) is 19.7 Å². The number of amides is 1. The minimum atomic E-state index is -0.818. The summed E-state index contributed by atoms with van der Waals surface area (Å²) in [5.41, 5.74) is 4.93. The van der Waals surface area contributed by atoms with Gasteiger partial charge >= 0.3 is 5.97 Å². The third-order valence-corrected chi connectivity index (χ3v) is 3.38. The maximum Gasteiger partial charge on any atom is 0.317 e. The van der Waals surface area contributed by atoms with E-state index in [4.69, 9.17) is 10.5 Å². The normalized spacial score (nSPS) is 12.9. The Balaban J connectivity index is 2.86. The zero-order valence-electron chi connectivity index (χ0n) is 10.8. The van der Waals surface area contributed by atoms with Crippen molar-refractivity contribution < 1.29 is 14.3 Å². The number of carbonyl (C=O) groups excluding carboxylic acids is 2. The SMILES string of the molecule is COC(=O)C(C)(C)c1csc(NC(C)C(N)=O)n1. The molecule has 18 heavy (non-hydrogen) atoms. The zero-order valence-corrected chi connectivity index (χ0v) is 11.6. The average Bonchev–Trinajstić information content (AvgIpc) is 2.76. The van der Waals surface area contributed by atoms with E-state index >= 15 is 0 Å². The van der Waals surface area contributed by atoms with Crippen molar-refractivity contribution in [2.75, 3.05) is 12.4 Å². The molecule has 7 heteroatoms. The van der Waals surface area contributed by atoms with E-state index in [0.29, 0.717) is 10.8 Å². The van der Waals surface area contributed by atoms with Crippen LogP contribution < -0.4 is 11.1 Å². The lowest BCUT2D eigenvalue weighted by Crippen LogP contribution is -2.33. The predicted octanol–water partition coefficient (Wildman–Crippen LogP) is 0.879. The summed E-state index contributed by atoms with van der Waals surface area (Å²) < 4.78 is 4.73. The zero-order chi connectivity index (χ0) is 13.9. The molecule has 0 spiro atoms. The Hall–Kier alpha value is -1.63. The van der Waals surface area contributed by atoms with Crippen molar-refractivity contribution >= 4 is 28.3 Å². The first-order valence-corrected chi connectivity index (χ1v) is 6.27. The van der Waals surface area contributed by atoms with Crippen LogP contribution >= 0.6 is 11.3 Å². The predicted molar refractivity (Wildman–Crippen MR) is 69.4 cm³/mol. The highest BCUT2D eigenvalue weighted by molar-refractivity contribution is 7.13. The van der Waals surface area contributed by atoms with Crippen LogP contribution in [0.1, 0.15) is 26.5 Å². The maximum absolute atomic E-state index is 11.6. The van der Waals surface area contributed by atoms with Gasteiger partial charge in [0.1, 0.15) is 11.5 Å². The molecule has 0 aliphatic heterocycles. The van der Waals surface area contributed by atoms with Crippen molar-refractivity contribution in [2.24, 2.45) is 5.73 Å². The Morgan fingerprint density at radius 1 is 1.56 bits per heavy atom. The van der Waals surface area contributed by atoms with E-state index in [1.54, 1.807) is 26.2 Å². The number of hydrogen-bond donors (Lipinski definition) is 2. The van der Waals surface area contributed by atoms with Gasteiger partial charge in [-0.1, -0.05) is 0 Å². The van der Waals surface area contributed by atoms with Gasteiger partial charge in [-0.05, 0) is 20.8 Å². The molecule has 0 saturated carbocycles. The van der Waals surface area contributed by atoms with Gasteiger partial charge in [0.15, 0.2) is 5.13 Å². The van der Waals surface area contributed by atoms with Crippen LogP contribution in [0.3, 0.4) is 0 Å². The van der Waals surface area contributed by atoms with Crippen molar-refractivity contribution in [2.45, 2.75) is 32.2 Å². The molecule has 1 amide bonds. The summed E-state index contributed by atoms with van der Waals surface area (Å²) in [6.45, 7) is 5.11. The summed E-state index contributed by atoms with van der Waals surface area (Å²) in [6, 6.07) is -0.509. The van der Waals surface area contributed by atoms with Crippen LogP contribution in [0.15, 0.2) is 5.38 Å². The number of primary amides is 1. The molecule has 0 fully saturated rings. The topological polar surface area (TPSA) is 94.3 Å². The molecule has 1 rings (SSSR count). The van der Waals surface area contributed by atoms with Gasteiger partial charge in [0.2, 0.25) is 5.91 Å². The van der Waals surface area contributed by atoms with Crippen LogP contribution in [0.25, 0.3) is 0 Å². The smallest absolute Gasteiger partial charge is 0.317 e. The highest BCUT2D eigenvalue weighted by atomic mass is 32.1. The molecule has 1 atom stereocenters. The van der Waals surface area contributed by atoms with Crippen LogP contribution in [0, 0.1) is 0 Å². The summed E-state index contributed by atoms with van der Waals surface area (Å²) in [4.78, 5) is 26.8. The second kappa shape index (κ2) is 5.34. The molecule has 100 valence electrons. The lowest BCUT2D eigenvalue weighted by atomic mass is 9.90. The van der Waals surface area contributed by atoms with Crippen molar-refractivity contribution in [1.82, 2.24) is 4.98 Å². The number of esters is 1. The molecule has 1 unspecified atom stereocenters. The lowest BCUT2D eigenvalue weighted by molar-refractivity contribution is -0.146.